The predicted octanol–water partition coefficient (Wildman–Crippen LogP) is -0.121. The first-order chi connectivity index (χ1) is 12.4. The Morgan fingerprint density at radius 1 is 1.12 bits per heavy atom. The molecule has 26 heavy (non-hydrogen) atoms. The van der Waals surface area contributed by atoms with Crippen LogP contribution in [-0.2, 0) is 14.8 Å². The summed E-state index contributed by atoms with van der Waals surface area (Å²) in [6.07, 6.45) is 0.792. The van der Waals surface area contributed by atoms with Gasteiger partial charge in [-0.2, -0.15) is 4.31 Å². The molecular formula is C17H26N4O4S. The highest BCUT2D eigenvalue weighted by Crippen LogP contribution is 2.19. The van der Waals surface area contributed by atoms with Gasteiger partial charge in [-0.1, -0.05) is 6.07 Å². The average Bonchev–Trinajstić information content (AvgIpc) is 2.65. The molecule has 1 saturated heterocycles. The summed E-state index contributed by atoms with van der Waals surface area (Å²) in [6, 6.07) is 6.06. The van der Waals surface area contributed by atoms with E-state index in [1.54, 1.807) is 17.0 Å². The number of carbonyl (C=O) groups is 2. The maximum Gasteiger partial charge on any atom is 0.251 e. The molecule has 0 aliphatic carbocycles. The fourth-order valence-electron chi connectivity index (χ4n) is 2.76. The van der Waals surface area contributed by atoms with Crippen molar-refractivity contribution in [3.63, 3.8) is 0 Å². The van der Waals surface area contributed by atoms with Gasteiger partial charge in [-0.15, -0.1) is 0 Å². The number of nitrogens with one attached hydrogen (secondary N) is 2. The van der Waals surface area contributed by atoms with Gasteiger partial charge in [-0.25, -0.2) is 8.42 Å². The van der Waals surface area contributed by atoms with Crippen molar-refractivity contribution in [1.29, 1.82) is 0 Å². The average molecular weight is 382 g/mol. The molecule has 1 aromatic carbocycles. The molecule has 8 nitrogen and oxygen atoms in total. The largest absolute Gasteiger partial charge is 0.352 e. The molecule has 1 aliphatic rings. The van der Waals surface area contributed by atoms with Crippen LogP contribution in [0.2, 0.25) is 0 Å². The molecule has 2 amide bonds. The summed E-state index contributed by atoms with van der Waals surface area (Å²) in [7, 11) is -1.85. The molecule has 2 N–H and O–H groups in total. The van der Waals surface area contributed by atoms with E-state index in [-0.39, 0.29) is 29.8 Å². The summed E-state index contributed by atoms with van der Waals surface area (Å²) in [6.45, 7) is 4.04. The van der Waals surface area contributed by atoms with Crippen LogP contribution >= 0.6 is 0 Å². The minimum Gasteiger partial charge on any atom is -0.352 e. The Labute approximate surface area is 154 Å². The SMILES string of the molecule is CNCCCNC(=O)c1cccc(S(=O)(=O)N2CCN(C(C)=O)CC2)c1. The third-order valence-corrected chi connectivity index (χ3v) is 6.20. The third kappa shape index (κ3) is 5.03. The second-order valence-electron chi connectivity index (χ2n) is 6.15. The molecule has 1 fully saturated rings. The number of nitrogens with zero attached hydrogens (tertiary/aromatic N) is 2. The van der Waals surface area contributed by atoms with Crippen LogP contribution in [0.4, 0.5) is 0 Å². The standard InChI is InChI=1S/C17H26N4O4S/c1-14(22)20-9-11-21(12-10-20)26(24,25)16-6-3-5-15(13-16)17(23)19-8-4-7-18-2/h3,5-6,13,18H,4,7-12H2,1-2H3,(H,19,23). The van der Waals surface area contributed by atoms with Gasteiger partial charge in [0, 0.05) is 45.2 Å². The highest BCUT2D eigenvalue weighted by atomic mass is 32.2. The van der Waals surface area contributed by atoms with Crippen LogP contribution in [0.1, 0.15) is 23.7 Å². The molecule has 0 spiro atoms. The van der Waals surface area contributed by atoms with E-state index < -0.39 is 10.0 Å². The number of rotatable bonds is 7. The second kappa shape index (κ2) is 9.11. The number of hydrogen-bond donors (Lipinski definition) is 2. The van der Waals surface area contributed by atoms with Crippen molar-refractivity contribution in [1.82, 2.24) is 19.8 Å². The quantitative estimate of drug-likeness (QED) is 0.641. The monoisotopic (exact) mass is 382 g/mol. The molecule has 2 rings (SSSR count). The Morgan fingerprint density at radius 2 is 1.81 bits per heavy atom. The van der Waals surface area contributed by atoms with E-state index in [0.717, 1.165) is 13.0 Å². The van der Waals surface area contributed by atoms with Crippen LogP contribution in [0.3, 0.4) is 0 Å². The number of hydrogen-bond acceptors (Lipinski definition) is 5. The van der Waals surface area contributed by atoms with Gasteiger partial charge < -0.3 is 15.5 Å². The third-order valence-electron chi connectivity index (χ3n) is 4.31. The van der Waals surface area contributed by atoms with Crippen molar-refractivity contribution in [3.8, 4) is 0 Å². The lowest BCUT2D eigenvalue weighted by Crippen LogP contribution is -2.49. The number of benzene rings is 1. The van der Waals surface area contributed by atoms with E-state index in [1.807, 2.05) is 7.05 Å². The van der Waals surface area contributed by atoms with Crippen molar-refractivity contribution in [2.45, 2.75) is 18.2 Å². The van der Waals surface area contributed by atoms with Gasteiger partial charge in [-0.05, 0) is 38.2 Å². The normalized spacial score (nSPS) is 15.7. The molecule has 1 aliphatic heterocycles. The maximum atomic E-state index is 12.8. The topological polar surface area (TPSA) is 98.8 Å². The summed E-state index contributed by atoms with van der Waals surface area (Å²) in [5, 5.41) is 5.77. The Hall–Kier alpha value is -1.97. The lowest BCUT2D eigenvalue weighted by atomic mass is 10.2. The summed E-state index contributed by atoms with van der Waals surface area (Å²) in [4.78, 5) is 25.3. The van der Waals surface area contributed by atoms with Gasteiger partial charge in [0.1, 0.15) is 0 Å². The lowest BCUT2D eigenvalue weighted by molar-refractivity contribution is -0.129. The minimum atomic E-state index is -3.69. The van der Waals surface area contributed by atoms with Gasteiger partial charge in [0.05, 0.1) is 4.90 Å². The van der Waals surface area contributed by atoms with Crippen LogP contribution in [0, 0.1) is 0 Å². The zero-order chi connectivity index (χ0) is 19.2. The molecule has 0 unspecified atom stereocenters. The minimum absolute atomic E-state index is 0.0565. The number of sulfonamides is 1. The Bertz CT molecular complexity index is 743. The van der Waals surface area contributed by atoms with E-state index in [1.165, 1.54) is 23.4 Å². The van der Waals surface area contributed by atoms with E-state index in [2.05, 4.69) is 10.6 Å². The summed E-state index contributed by atoms with van der Waals surface area (Å²) < 4.78 is 27.0. The molecule has 144 valence electrons. The zero-order valence-electron chi connectivity index (χ0n) is 15.2. The molecule has 0 aromatic heterocycles. The van der Waals surface area contributed by atoms with Gasteiger partial charge in [0.25, 0.3) is 5.91 Å². The van der Waals surface area contributed by atoms with Crippen molar-refractivity contribution < 1.29 is 18.0 Å². The van der Waals surface area contributed by atoms with Crippen molar-refractivity contribution in [2.75, 3.05) is 46.3 Å². The summed E-state index contributed by atoms with van der Waals surface area (Å²) >= 11 is 0. The first-order valence-corrected chi connectivity index (χ1v) is 10.1. The molecule has 9 heteroatoms. The molecule has 0 bridgehead atoms. The molecule has 1 heterocycles. The van der Waals surface area contributed by atoms with E-state index >= 15 is 0 Å². The number of amides is 2. The Morgan fingerprint density at radius 3 is 2.42 bits per heavy atom. The van der Waals surface area contributed by atoms with Gasteiger partial charge in [0.2, 0.25) is 15.9 Å². The highest BCUT2D eigenvalue weighted by molar-refractivity contribution is 7.89. The zero-order valence-corrected chi connectivity index (χ0v) is 16.0. The van der Waals surface area contributed by atoms with Crippen LogP contribution in [-0.4, -0.2) is 75.8 Å². The number of piperazine rings is 1. The Kier molecular flexibility index (Phi) is 7.13. The first-order valence-electron chi connectivity index (χ1n) is 8.65. The number of carbonyl (C=O) groups excluding carboxylic acids is 2. The fraction of sp³-hybridized carbons (Fsp3) is 0.529. The van der Waals surface area contributed by atoms with Crippen molar-refractivity contribution >= 4 is 21.8 Å². The summed E-state index contributed by atoms with van der Waals surface area (Å²) in [5.74, 6) is -0.349. The first kappa shape index (κ1) is 20.3. The smallest absolute Gasteiger partial charge is 0.251 e. The van der Waals surface area contributed by atoms with Crippen LogP contribution in [0.25, 0.3) is 0 Å². The molecule has 0 saturated carbocycles. The lowest BCUT2D eigenvalue weighted by Gasteiger charge is -2.33. The van der Waals surface area contributed by atoms with Crippen LogP contribution in [0.15, 0.2) is 29.2 Å². The molecule has 0 radical (unpaired) electrons. The van der Waals surface area contributed by atoms with E-state index in [0.29, 0.717) is 25.2 Å². The molecule has 0 atom stereocenters. The molecule has 1 aromatic rings. The summed E-state index contributed by atoms with van der Waals surface area (Å²) in [5.41, 5.74) is 0.318. The van der Waals surface area contributed by atoms with E-state index in [4.69, 9.17) is 0 Å². The Balaban J connectivity index is 2.06. The fourth-order valence-corrected chi connectivity index (χ4v) is 4.23. The highest BCUT2D eigenvalue weighted by Gasteiger charge is 2.29. The van der Waals surface area contributed by atoms with Crippen molar-refractivity contribution in [2.24, 2.45) is 0 Å². The maximum absolute atomic E-state index is 12.8. The van der Waals surface area contributed by atoms with E-state index in [9.17, 15) is 18.0 Å². The van der Waals surface area contributed by atoms with Crippen LogP contribution in [0.5, 0.6) is 0 Å². The molecular weight excluding hydrogens is 356 g/mol. The predicted molar refractivity (Wildman–Crippen MR) is 98.3 cm³/mol. The second-order valence-corrected chi connectivity index (χ2v) is 8.09. The van der Waals surface area contributed by atoms with Crippen molar-refractivity contribution in [3.05, 3.63) is 29.8 Å². The van der Waals surface area contributed by atoms with Gasteiger partial charge >= 0.3 is 0 Å². The van der Waals surface area contributed by atoms with Gasteiger partial charge in [-0.3, -0.25) is 9.59 Å². The van der Waals surface area contributed by atoms with Crippen LogP contribution < -0.4 is 10.6 Å². The van der Waals surface area contributed by atoms with Gasteiger partial charge in [0.15, 0.2) is 0 Å².